The quantitative estimate of drug-likeness (QED) is 0.563. The van der Waals surface area contributed by atoms with Crippen LogP contribution in [-0.4, -0.2) is 34.3 Å². The standard InChI is InChI=1S/C21H21ClF2N4O3/c1-12(2)21(23,24)11-31-20-16(22)7-13(10-27-20)9-26-18(29)15-5-6-25-17(8-15)28-19(30)14-3-4-14/h5-8,10,14H,1,3-4,9,11H2,2H3,(H,26,29)(H,25,28,30). The van der Waals surface area contributed by atoms with Gasteiger partial charge in [0.05, 0.1) is 0 Å². The molecule has 0 radical (unpaired) electrons. The molecule has 0 atom stereocenters. The van der Waals surface area contributed by atoms with Crippen LogP contribution in [-0.2, 0) is 11.3 Å². The molecule has 1 fully saturated rings. The molecule has 0 spiro atoms. The first-order chi connectivity index (χ1) is 14.7. The molecule has 7 nitrogen and oxygen atoms in total. The molecular weight excluding hydrogens is 430 g/mol. The van der Waals surface area contributed by atoms with Crippen LogP contribution in [0.2, 0.25) is 5.02 Å². The molecule has 0 bridgehead atoms. The lowest BCUT2D eigenvalue weighted by atomic mass is 10.2. The van der Waals surface area contributed by atoms with E-state index in [1.807, 2.05) is 0 Å². The number of carbonyl (C=O) groups excluding carboxylic acids is 2. The lowest BCUT2D eigenvalue weighted by Crippen LogP contribution is -2.27. The number of ether oxygens (including phenoxy) is 1. The molecule has 0 aliphatic heterocycles. The van der Waals surface area contributed by atoms with Gasteiger partial charge in [-0.05, 0) is 49.1 Å². The van der Waals surface area contributed by atoms with Gasteiger partial charge in [0.15, 0.2) is 6.61 Å². The number of halogens is 3. The lowest BCUT2D eigenvalue weighted by molar-refractivity contribution is -0.117. The van der Waals surface area contributed by atoms with E-state index < -0.39 is 12.5 Å². The summed E-state index contributed by atoms with van der Waals surface area (Å²) < 4.78 is 32.2. The number of carbonyl (C=O) groups is 2. The Bertz CT molecular complexity index is 1010. The Morgan fingerprint density at radius 3 is 2.71 bits per heavy atom. The zero-order chi connectivity index (χ0) is 22.6. The number of amides is 2. The topological polar surface area (TPSA) is 93.2 Å². The molecule has 1 aliphatic carbocycles. The second-order valence-electron chi connectivity index (χ2n) is 7.28. The van der Waals surface area contributed by atoms with E-state index in [1.54, 1.807) is 0 Å². The van der Waals surface area contributed by atoms with Crippen molar-refractivity contribution in [3.63, 3.8) is 0 Å². The number of anilines is 1. The zero-order valence-corrected chi connectivity index (χ0v) is 17.5. The number of rotatable bonds is 9. The van der Waals surface area contributed by atoms with Crippen LogP contribution in [0.3, 0.4) is 0 Å². The van der Waals surface area contributed by atoms with Gasteiger partial charge in [-0.1, -0.05) is 18.2 Å². The SMILES string of the molecule is C=C(C)C(F)(F)COc1ncc(CNC(=O)c2ccnc(NC(=O)C3CC3)c2)cc1Cl. The van der Waals surface area contributed by atoms with Crippen molar-refractivity contribution in [1.82, 2.24) is 15.3 Å². The van der Waals surface area contributed by atoms with Crippen molar-refractivity contribution in [2.24, 2.45) is 5.92 Å². The summed E-state index contributed by atoms with van der Waals surface area (Å²) in [7, 11) is 0. The highest BCUT2D eigenvalue weighted by Crippen LogP contribution is 2.30. The van der Waals surface area contributed by atoms with Gasteiger partial charge >= 0.3 is 5.92 Å². The van der Waals surface area contributed by atoms with E-state index in [0.29, 0.717) is 16.9 Å². The minimum absolute atomic E-state index is 0.0236. The van der Waals surface area contributed by atoms with Gasteiger partial charge in [0.1, 0.15) is 10.8 Å². The Morgan fingerprint density at radius 1 is 1.32 bits per heavy atom. The normalized spacial score (nSPS) is 13.4. The van der Waals surface area contributed by atoms with Crippen molar-refractivity contribution in [2.75, 3.05) is 11.9 Å². The highest BCUT2D eigenvalue weighted by Gasteiger charge is 2.31. The summed E-state index contributed by atoms with van der Waals surface area (Å²) in [6.45, 7) is 3.60. The van der Waals surface area contributed by atoms with Crippen LogP contribution in [0.4, 0.5) is 14.6 Å². The summed E-state index contributed by atoms with van der Waals surface area (Å²) in [6, 6.07) is 4.47. The number of nitrogens with zero attached hydrogens (tertiary/aromatic N) is 2. The van der Waals surface area contributed by atoms with Crippen molar-refractivity contribution >= 4 is 29.2 Å². The molecule has 1 saturated carbocycles. The van der Waals surface area contributed by atoms with Crippen molar-refractivity contribution in [3.05, 3.63) is 58.9 Å². The predicted molar refractivity (Wildman–Crippen MR) is 111 cm³/mol. The van der Waals surface area contributed by atoms with Gasteiger partial charge in [0, 0.05) is 30.4 Å². The Balaban J connectivity index is 1.56. The van der Waals surface area contributed by atoms with E-state index in [4.69, 9.17) is 16.3 Å². The fourth-order valence-electron chi connectivity index (χ4n) is 2.45. The van der Waals surface area contributed by atoms with Gasteiger partial charge < -0.3 is 15.4 Å². The van der Waals surface area contributed by atoms with Gasteiger partial charge in [0.25, 0.3) is 5.91 Å². The lowest BCUT2D eigenvalue weighted by Gasteiger charge is -2.17. The first-order valence-corrected chi connectivity index (χ1v) is 9.89. The summed E-state index contributed by atoms with van der Waals surface area (Å²) in [5, 5.41) is 5.42. The van der Waals surface area contributed by atoms with Crippen LogP contribution in [0.25, 0.3) is 0 Å². The summed E-state index contributed by atoms with van der Waals surface area (Å²) in [6.07, 6.45) is 4.53. The fourth-order valence-corrected chi connectivity index (χ4v) is 2.69. The number of alkyl halides is 2. The highest BCUT2D eigenvalue weighted by atomic mass is 35.5. The minimum atomic E-state index is -3.20. The predicted octanol–water partition coefficient (Wildman–Crippen LogP) is 4.00. The Kier molecular flexibility index (Phi) is 6.84. The minimum Gasteiger partial charge on any atom is -0.470 e. The van der Waals surface area contributed by atoms with E-state index in [1.165, 1.54) is 37.5 Å². The number of pyridine rings is 2. The van der Waals surface area contributed by atoms with E-state index in [2.05, 4.69) is 27.2 Å². The fraction of sp³-hybridized carbons (Fsp3) is 0.333. The first-order valence-electron chi connectivity index (χ1n) is 9.52. The molecule has 3 rings (SSSR count). The molecule has 2 aromatic heterocycles. The van der Waals surface area contributed by atoms with Gasteiger partial charge in [-0.15, -0.1) is 0 Å². The zero-order valence-electron chi connectivity index (χ0n) is 16.8. The Morgan fingerprint density at radius 2 is 2.06 bits per heavy atom. The van der Waals surface area contributed by atoms with E-state index >= 15 is 0 Å². The molecule has 31 heavy (non-hydrogen) atoms. The van der Waals surface area contributed by atoms with Crippen LogP contribution in [0.5, 0.6) is 5.88 Å². The van der Waals surface area contributed by atoms with E-state index in [0.717, 1.165) is 12.8 Å². The van der Waals surface area contributed by atoms with Crippen LogP contribution < -0.4 is 15.4 Å². The number of nitrogens with one attached hydrogen (secondary N) is 2. The van der Waals surface area contributed by atoms with Gasteiger partial charge in [-0.2, -0.15) is 8.78 Å². The van der Waals surface area contributed by atoms with Gasteiger partial charge in [0.2, 0.25) is 11.8 Å². The van der Waals surface area contributed by atoms with Crippen LogP contribution >= 0.6 is 11.6 Å². The molecule has 10 heteroatoms. The van der Waals surface area contributed by atoms with Crippen molar-refractivity contribution in [1.29, 1.82) is 0 Å². The van der Waals surface area contributed by atoms with Gasteiger partial charge in [-0.3, -0.25) is 9.59 Å². The summed E-state index contributed by atoms with van der Waals surface area (Å²) in [5.41, 5.74) is 0.546. The van der Waals surface area contributed by atoms with E-state index in [-0.39, 0.29) is 40.8 Å². The van der Waals surface area contributed by atoms with Crippen molar-refractivity contribution < 1.29 is 23.1 Å². The summed E-state index contributed by atoms with van der Waals surface area (Å²) >= 11 is 6.05. The number of hydrogen-bond acceptors (Lipinski definition) is 5. The van der Waals surface area contributed by atoms with Gasteiger partial charge in [-0.25, -0.2) is 9.97 Å². The van der Waals surface area contributed by atoms with Crippen LogP contribution in [0.15, 0.2) is 42.7 Å². The Labute approximate surface area is 182 Å². The second-order valence-corrected chi connectivity index (χ2v) is 7.69. The molecule has 0 unspecified atom stereocenters. The third-order valence-corrected chi connectivity index (χ3v) is 4.82. The first kappa shape index (κ1) is 22.6. The maximum Gasteiger partial charge on any atom is 0.302 e. The number of aromatic nitrogens is 2. The molecule has 2 amide bonds. The maximum atomic E-state index is 13.6. The average Bonchev–Trinajstić information content (AvgIpc) is 3.57. The second kappa shape index (κ2) is 9.38. The molecule has 2 heterocycles. The summed E-state index contributed by atoms with van der Waals surface area (Å²) in [5.74, 6) is -3.49. The van der Waals surface area contributed by atoms with E-state index in [9.17, 15) is 18.4 Å². The van der Waals surface area contributed by atoms with Crippen LogP contribution in [0, 0.1) is 5.92 Å². The number of hydrogen-bond donors (Lipinski definition) is 2. The van der Waals surface area contributed by atoms with Crippen molar-refractivity contribution in [2.45, 2.75) is 32.2 Å². The highest BCUT2D eigenvalue weighted by molar-refractivity contribution is 6.31. The largest absolute Gasteiger partial charge is 0.470 e. The molecule has 0 saturated heterocycles. The monoisotopic (exact) mass is 450 g/mol. The maximum absolute atomic E-state index is 13.6. The third kappa shape index (κ3) is 6.21. The molecule has 2 aromatic rings. The average molecular weight is 451 g/mol. The molecule has 1 aliphatic rings. The molecule has 164 valence electrons. The molecule has 0 aromatic carbocycles. The summed E-state index contributed by atoms with van der Waals surface area (Å²) in [4.78, 5) is 32.2. The molecular formula is C21H21ClF2N4O3. The van der Waals surface area contributed by atoms with Crippen molar-refractivity contribution in [3.8, 4) is 5.88 Å². The smallest absolute Gasteiger partial charge is 0.302 e. The molecule has 2 N–H and O–H groups in total. The third-order valence-electron chi connectivity index (χ3n) is 4.55. The Hall–Kier alpha value is -3.07. The van der Waals surface area contributed by atoms with Crippen LogP contribution in [0.1, 0.15) is 35.7 Å².